The summed E-state index contributed by atoms with van der Waals surface area (Å²) in [6.45, 7) is 0. The van der Waals surface area contributed by atoms with Gasteiger partial charge in [0.15, 0.2) is 5.82 Å². The first-order valence-electron chi connectivity index (χ1n) is 7.46. The van der Waals surface area contributed by atoms with E-state index in [0.717, 1.165) is 39.6 Å². The normalized spacial score (nSPS) is 15.0. The number of amidine groups is 1. The predicted octanol–water partition coefficient (Wildman–Crippen LogP) is 3.33. The molecule has 1 aliphatic rings. The zero-order valence-electron chi connectivity index (χ0n) is 13.0. The number of benzene rings is 2. The maximum Gasteiger partial charge on any atom is 0.211 e. The van der Waals surface area contributed by atoms with E-state index in [1.54, 1.807) is 18.9 Å². The standard InChI is InChI=1S/C17H15N5OS/c1-23-14-9-7-12(8-10-14)16-19-20-17-22(16)21-15(11-24-17)18-13-5-3-2-4-6-13/h2-10H,11H2,1H3,(H,18,21). The maximum atomic E-state index is 5.20. The molecule has 3 aromatic rings. The van der Waals surface area contributed by atoms with Gasteiger partial charge in [0.2, 0.25) is 5.16 Å². The fourth-order valence-corrected chi connectivity index (χ4v) is 3.16. The summed E-state index contributed by atoms with van der Waals surface area (Å²) in [6.07, 6.45) is 0. The number of fused-ring (bicyclic) bond motifs is 1. The van der Waals surface area contributed by atoms with Crippen molar-refractivity contribution in [2.75, 3.05) is 18.3 Å². The molecule has 0 spiro atoms. The summed E-state index contributed by atoms with van der Waals surface area (Å²) in [5.41, 5.74) is 5.19. The van der Waals surface area contributed by atoms with E-state index in [9.17, 15) is 0 Å². The Balaban J connectivity index is 1.65. The van der Waals surface area contributed by atoms with Crippen LogP contribution in [0.5, 0.6) is 5.75 Å². The fraction of sp³-hybridized carbons (Fsp3) is 0.118. The van der Waals surface area contributed by atoms with Crippen LogP contribution in [-0.4, -0.2) is 33.6 Å². The summed E-state index contributed by atoms with van der Waals surface area (Å²) in [4.78, 5) is 4.65. The van der Waals surface area contributed by atoms with Gasteiger partial charge < -0.3 is 4.74 Å². The molecule has 0 fully saturated rings. The molecule has 0 aliphatic carbocycles. The number of aliphatic imine (C=N–C) groups is 1. The summed E-state index contributed by atoms with van der Waals surface area (Å²) >= 11 is 1.61. The highest BCUT2D eigenvalue weighted by molar-refractivity contribution is 7.99. The van der Waals surface area contributed by atoms with Gasteiger partial charge in [-0.15, -0.1) is 10.2 Å². The van der Waals surface area contributed by atoms with Crippen LogP contribution in [0.1, 0.15) is 0 Å². The van der Waals surface area contributed by atoms with Crippen LogP contribution in [0.2, 0.25) is 0 Å². The number of hydrogen-bond acceptors (Lipinski definition) is 5. The Kier molecular flexibility index (Phi) is 3.92. The van der Waals surface area contributed by atoms with Gasteiger partial charge in [-0.25, -0.2) is 9.67 Å². The Labute approximate surface area is 143 Å². The largest absolute Gasteiger partial charge is 0.497 e. The molecule has 6 nitrogen and oxygen atoms in total. The molecule has 1 N–H and O–H groups in total. The molecular formula is C17H15N5OS. The van der Waals surface area contributed by atoms with Gasteiger partial charge in [0, 0.05) is 5.56 Å². The summed E-state index contributed by atoms with van der Waals surface area (Å²) in [7, 11) is 1.65. The number of nitrogens with one attached hydrogen (secondary N) is 1. The van der Waals surface area contributed by atoms with E-state index >= 15 is 0 Å². The van der Waals surface area contributed by atoms with Crippen molar-refractivity contribution in [3.05, 3.63) is 54.6 Å². The van der Waals surface area contributed by atoms with Crippen LogP contribution in [0.3, 0.4) is 0 Å². The highest BCUT2D eigenvalue weighted by Gasteiger charge is 2.21. The summed E-state index contributed by atoms with van der Waals surface area (Å²) in [6, 6.07) is 17.6. The van der Waals surface area contributed by atoms with E-state index < -0.39 is 0 Å². The number of ether oxygens (including phenoxy) is 1. The van der Waals surface area contributed by atoms with Crippen LogP contribution >= 0.6 is 11.8 Å². The van der Waals surface area contributed by atoms with E-state index in [-0.39, 0.29) is 0 Å². The molecule has 4 rings (SSSR count). The molecule has 0 radical (unpaired) electrons. The van der Waals surface area contributed by atoms with Crippen LogP contribution < -0.4 is 10.2 Å². The van der Waals surface area contributed by atoms with Gasteiger partial charge in [-0.05, 0) is 36.4 Å². The lowest BCUT2D eigenvalue weighted by Crippen LogP contribution is -2.30. The second-order valence-corrected chi connectivity index (χ2v) is 6.11. The Morgan fingerprint density at radius 1 is 1.08 bits per heavy atom. The molecule has 0 saturated heterocycles. The van der Waals surface area contributed by atoms with Gasteiger partial charge in [0.1, 0.15) is 11.6 Å². The molecule has 24 heavy (non-hydrogen) atoms. The maximum absolute atomic E-state index is 5.20. The van der Waals surface area contributed by atoms with Crippen LogP contribution in [0.25, 0.3) is 11.4 Å². The summed E-state index contributed by atoms with van der Waals surface area (Å²) in [5, 5.41) is 9.37. The molecule has 1 aromatic heterocycles. The van der Waals surface area contributed by atoms with Gasteiger partial charge in [-0.3, -0.25) is 5.43 Å². The second kappa shape index (κ2) is 6.37. The Bertz CT molecular complexity index is 874. The molecule has 0 bridgehead atoms. The highest BCUT2D eigenvalue weighted by atomic mass is 32.2. The molecule has 0 unspecified atom stereocenters. The second-order valence-electron chi connectivity index (χ2n) is 5.16. The molecular weight excluding hydrogens is 322 g/mol. The number of thioether (sulfide) groups is 1. The number of rotatable bonds is 3. The van der Waals surface area contributed by atoms with E-state index in [4.69, 9.17) is 4.74 Å². The number of hydrogen-bond donors (Lipinski definition) is 1. The quantitative estimate of drug-likeness (QED) is 0.794. The zero-order chi connectivity index (χ0) is 16.4. The van der Waals surface area contributed by atoms with E-state index in [0.29, 0.717) is 0 Å². The lowest BCUT2D eigenvalue weighted by Gasteiger charge is -2.18. The predicted molar refractivity (Wildman–Crippen MR) is 95.6 cm³/mol. The summed E-state index contributed by atoms with van der Waals surface area (Å²) in [5.74, 6) is 3.16. The van der Waals surface area contributed by atoms with Crippen molar-refractivity contribution < 1.29 is 4.74 Å². The smallest absolute Gasteiger partial charge is 0.211 e. The third-order valence-corrected chi connectivity index (χ3v) is 4.52. The van der Waals surface area contributed by atoms with Crippen molar-refractivity contribution in [3.8, 4) is 17.1 Å². The van der Waals surface area contributed by atoms with Crippen molar-refractivity contribution >= 4 is 23.3 Å². The Hall–Kier alpha value is -2.80. The monoisotopic (exact) mass is 337 g/mol. The third-order valence-electron chi connectivity index (χ3n) is 3.58. The Morgan fingerprint density at radius 2 is 1.88 bits per heavy atom. The van der Waals surface area contributed by atoms with Gasteiger partial charge in [0.25, 0.3) is 0 Å². The fourth-order valence-electron chi connectivity index (χ4n) is 2.40. The van der Waals surface area contributed by atoms with Crippen molar-refractivity contribution in [3.63, 3.8) is 0 Å². The number of methoxy groups -OCH3 is 1. The molecule has 1 aliphatic heterocycles. The van der Waals surface area contributed by atoms with Gasteiger partial charge in [-0.2, -0.15) is 0 Å². The topological polar surface area (TPSA) is 64.3 Å². The number of aromatic nitrogens is 3. The molecule has 0 atom stereocenters. The van der Waals surface area contributed by atoms with E-state index in [2.05, 4.69) is 20.6 Å². The van der Waals surface area contributed by atoms with Crippen molar-refractivity contribution in [2.45, 2.75) is 5.16 Å². The first kappa shape index (κ1) is 14.8. The van der Waals surface area contributed by atoms with Crippen molar-refractivity contribution in [2.24, 2.45) is 4.99 Å². The lowest BCUT2D eigenvalue weighted by molar-refractivity contribution is 0.415. The van der Waals surface area contributed by atoms with Crippen LogP contribution in [0.15, 0.2) is 64.7 Å². The minimum Gasteiger partial charge on any atom is -0.497 e. The minimum absolute atomic E-state index is 0.732. The average Bonchev–Trinajstić information content (AvgIpc) is 3.06. The summed E-state index contributed by atoms with van der Waals surface area (Å²) < 4.78 is 7.07. The third kappa shape index (κ3) is 2.85. The number of nitrogens with zero attached hydrogens (tertiary/aromatic N) is 4. The van der Waals surface area contributed by atoms with Crippen LogP contribution in [0.4, 0.5) is 5.69 Å². The van der Waals surface area contributed by atoms with E-state index in [1.165, 1.54) is 0 Å². The van der Waals surface area contributed by atoms with Crippen molar-refractivity contribution in [1.82, 2.24) is 14.9 Å². The van der Waals surface area contributed by atoms with Crippen molar-refractivity contribution in [1.29, 1.82) is 0 Å². The molecule has 2 heterocycles. The molecule has 120 valence electrons. The zero-order valence-corrected chi connectivity index (χ0v) is 13.8. The first-order chi connectivity index (χ1) is 11.8. The van der Waals surface area contributed by atoms with Gasteiger partial charge in [0.05, 0.1) is 18.6 Å². The van der Waals surface area contributed by atoms with Gasteiger partial charge in [-0.1, -0.05) is 30.0 Å². The SMILES string of the molecule is COc1ccc(-c2nnc3n2NC(=Nc2ccccc2)CS3)cc1. The molecule has 7 heteroatoms. The molecule has 0 amide bonds. The van der Waals surface area contributed by atoms with Crippen LogP contribution in [0, 0.1) is 0 Å². The lowest BCUT2D eigenvalue weighted by atomic mass is 10.2. The van der Waals surface area contributed by atoms with E-state index in [1.807, 2.05) is 59.3 Å². The Morgan fingerprint density at radius 3 is 2.62 bits per heavy atom. The first-order valence-corrected chi connectivity index (χ1v) is 8.44. The number of para-hydroxylation sites is 1. The average molecular weight is 337 g/mol. The highest BCUT2D eigenvalue weighted by Crippen LogP contribution is 2.27. The van der Waals surface area contributed by atoms with Gasteiger partial charge >= 0.3 is 0 Å². The molecule has 2 aromatic carbocycles. The minimum atomic E-state index is 0.732. The molecule has 0 saturated carbocycles. The van der Waals surface area contributed by atoms with Crippen LogP contribution in [-0.2, 0) is 0 Å².